The smallest absolute Gasteiger partial charge is 0.236 e. The van der Waals surface area contributed by atoms with Crippen molar-refractivity contribution in [3.8, 4) is 0 Å². The number of benzene rings is 1. The number of carbonyl (C=O) groups excluding carboxylic acids is 1. The molecular formula is C15H23ClN2O. The Morgan fingerprint density at radius 2 is 2.05 bits per heavy atom. The van der Waals surface area contributed by atoms with Crippen LogP contribution >= 0.6 is 12.4 Å². The third-order valence-corrected chi connectivity index (χ3v) is 3.74. The second-order valence-electron chi connectivity index (χ2n) is 5.28. The molecule has 1 amide bonds. The normalized spacial score (nSPS) is 23.5. The Hall–Kier alpha value is -1.06. The maximum absolute atomic E-state index is 11.7. The molecule has 0 aromatic heterocycles. The van der Waals surface area contributed by atoms with Crippen molar-refractivity contribution in [2.45, 2.75) is 44.7 Å². The summed E-state index contributed by atoms with van der Waals surface area (Å²) >= 11 is 0. The molecule has 0 spiro atoms. The first-order valence-electron chi connectivity index (χ1n) is 6.76. The monoisotopic (exact) mass is 282 g/mol. The summed E-state index contributed by atoms with van der Waals surface area (Å²) < 4.78 is 0. The van der Waals surface area contributed by atoms with Crippen LogP contribution in [0.5, 0.6) is 0 Å². The molecule has 1 aromatic rings. The van der Waals surface area contributed by atoms with Gasteiger partial charge in [0.1, 0.15) is 0 Å². The largest absolute Gasteiger partial charge is 0.352 e. The van der Waals surface area contributed by atoms with E-state index in [1.807, 2.05) is 6.07 Å². The molecule has 2 rings (SSSR count). The Morgan fingerprint density at radius 1 is 1.37 bits per heavy atom. The zero-order valence-corrected chi connectivity index (χ0v) is 12.2. The number of nitrogens with one attached hydrogen (secondary N) is 1. The lowest BCUT2D eigenvalue weighted by atomic mass is 9.94. The van der Waals surface area contributed by atoms with Gasteiger partial charge in [0.15, 0.2) is 0 Å². The van der Waals surface area contributed by atoms with Crippen LogP contribution in [0.3, 0.4) is 0 Å². The highest BCUT2D eigenvalue weighted by Gasteiger charge is 2.29. The summed E-state index contributed by atoms with van der Waals surface area (Å²) in [5.41, 5.74) is 6.95. The Morgan fingerprint density at radius 3 is 2.68 bits per heavy atom. The van der Waals surface area contributed by atoms with E-state index in [0.29, 0.717) is 12.0 Å². The lowest BCUT2D eigenvalue weighted by molar-refractivity contribution is -0.122. The minimum Gasteiger partial charge on any atom is -0.352 e. The van der Waals surface area contributed by atoms with Crippen LogP contribution in [0, 0.1) is 5.92 Å². The van der Waals surface area contributed by atoms with E-state index in [-0.39, 0.29) is 18.3 Å². The Bertz CT molecular complexity index is 394. The lowest BCUT2D eigenvalue weighted by Gasteiger charge is -2.22. The van der Waals surface area contributed by atoms with Crippen LogP contribution < -0.4 is 11.1 Å². The van der Waals surface area contributed by atoms with Crippen molar-refractivity contribution in [2.24, 2.45) is 11.7 Å². The van der Waals surface area contributed by atoms with Crippen LogP contribution in [0.25, 0.3) is 0 Å². The van der Waals surface area contributed by atoms with Crippen LogP contribution in [-0.4, -0.2) is 18.0 Å². The van der Waals surface area contributed by atoms with Crippen molar-refractivity contribution in [1.29, 1.82) is 0 Å². The van der Waals surface area contributed by atoms with Crippen LogP contribution in [0.4, 0.5) is 0 Å². The molecule has 2 unspecified atom stereocenters. The summed E-state index contributed by atoms with van der Waals surface area (Å²) in [5, 5.41) is 3.08. The van der Waals surface area contributed by atoms with Gasteiger partial charge in [-0.15, -0.1) is 12.4 Å². The zero-order chi connectivity index (χ0) is 13.0. The average molecular weight is 283 g/mol. The Balaban J connectivity index is 0.00000180. The number of rotatable bonds is 4. The van der Waals surface area contributed by atoms with Gasteiger partial charge in [-0.3, -0.25) is 4.79 Å². The minimum absolute atomic E-state index is 0. The van der Waals surface area contributed by atoms with E-state index >= 15 is 0 Å². The number of halogens is 1. The molecule has 0 bridgehead atoms. The SMILES string of the molecule is C[C@H](N)C(=O)NC1CCCC1Cc1ccccc1.Cl. The molecule has 0 saturated heterocycles. The van der Waals surface area contributed by atoms with E-state index in [2.05, 4.69) is 29.6 Å². The van der Waals surface area contributed by atoms with Gasteiger partial charge in [-0.2, -0.15) is 0 Å². The highest BCUT2D eigenvalue weighted by molar-refractivity contribution is 5.85. The lowest BCUT2D eigenvalue weighted by Crippen LogP contribution is -2.45. The van der Waals surface area contributed by atoms with Gasteiger partial charge in [-0.05, 0) is 37.7 Å². The molecule has 0 radical (unpaired) electrons. The van der Waals surface area contributed by atoms with Crippen molar-refractivity contribution in [3.63, 3.8) is 0 Å². The molecule has 0 heterocycles. The summed E-state index contributed by atoms with van der Waals surface area (Å²) in [4.78, 5) is 11.7. The molecule has 19 heavy (non-hydrogen) atoms. The number of hydrogen-bond donors (Lipinski definition) is 2. The van der Waals surface area contributed by atoms with Crippen molar-refractivity contribution < 1.29 is 4.79 Å². The maximum atomic E-state index is 11.7. The molecule has 3 N–H and O–H groups in total. The first-order chi connectivity index (χ1) is 8.66. The van der Waals surface area contributed by atoms with Crippen LogP contribution in [0.2, 0.25) is 0 Å². The molecule has 106 valence electrons. The molecule has 1 aromatic carbocycles. The zero-order valence-electron chi connectivity index (χ0n) is 11.3. The highest BCUT2D eigenvalue weighted by Crippen LogP contribution is 2.28. The van der Waals surface area contributed by atoms with Crippen LogP contribution in [-0.2, 0) is 11.2 Å². The summed E-state index contributed by atoms with van der Waals surface area (Å²) in [5.74, 6) is 0.523. The molecule has 3 atom stereocenters. The second kappa shape index (κ2) is 7.51. The van der Waals surface area contributed by atoms with Gasteiger partial charge in [0.05, 0.1) is 6.04 Å². The van der Waals surface area contributed by atoms with Gasteiger partial charge in [-0.25, -0.2) is 0 Å². The molecule has 1 saturated carbocycles. The minimum atomic E-state index is -0.414. The number of nitrogens with two attached hydrogens (primary N) is 1. The molecule has 1 aliphatic carbocycles. The Kier molecular flexibility index (Phi) is 6.32. The number of hydrogen-bond acceptors (Lipinski definition) is 2. The topological polar surface area (TPSA) is 55.1 Å². The fraction of sp³-hybridized carbons (Fsp3) is 0.533. The third kappa shape index (κ3) is 4.51. The fourth-order valence-corrected chi connectivity index (χ4v) is 2.70. The highest BCUT2D eigenvalue weighted by atomic mass is 35.5. The van der Waals surface area contributed by atoms with Crippen LogP contribution in [0.15, 0.2) is 30.3 Å². The molecular weight excluding hydrogens is 260 g/mol. The third-order valence-electron chi connectivity index (χ3n) is 3.74. The van der Waals surface area contributed by atoms with E-state index in [9.17, 15) is 4.79 Å². The van der Waals surface area contributed by atoms with Crippen LogP contribution in [0.1, 0.15) is 31.7 Å². The average Bonchev–Trinajstić information content (AvgIpc) is 2.78. The van der Waals surface area contributed by atoms with Gasteiger partial charge in [0.2, 0.25) is 5.91 Å². The first kappa shape index (κ1) is 16.0. The fourth-order valence-electron chi connectivity index (χ4n) is 2.70. The van der Waals surface area contributed by atoms with Gasteiger partial charge < -0.3 is 11.1 Å². The first-order valence-corrected chi connectivity index (χ1v) is 6.76. The van der Waals surface area contributed by atoms with Gasteiger partial charge in [0, 0.05) is 6.04 Å². The molecule has 0 aliphatic heterocycles. The summed E-state index contributed by atoms with van der Waals surface area (Å²) in [7, 11) is 0. The molecule has 1 fully saturated rings. The summed E-state index contributed by atoms with van der Waals surface area (Å²) in [6.45, 7) is 1.73. The predicted molar refractivity (Wildman–Crippen MR) is 80.3 cm³/mol. The maximum Gasteiger partial charge on any atom is 0.236 e. The van der Waals surface area contributed by atoms with E-state index in [1.165, 1.54) is 18.4 Å². The van der Waals surface area contributed by atoms with Gasteiger partial charge >= 0.3 is 0 Å². The molecule has 1 aliphatic rings. The van der Waals surface area contributed by atoms with Gasteiger partial charge in [0.25, 0.3) is 0 Å². The van der Waals surface area contributed by atoms with E-state index in [4.69, 9.17) is 5.73 Å². The standard InChI is InChI=1S/C15H22N2O.ClH/c1-11(16)15(18)17-14-9-5-8-13(14)10-12-6-3-2-4-7-12;/h2-4,6-7,11,13-14H,5,8-10,16H2,1H3,(H,17,18);1H/t11-,13?,14?;/m0./s1. The molecule has 3 nitrogen and oxygen atoms in total. The van der Waals surface area contributed by atoms with Crippen molar-refractivity contribution in [2.75, 3.05) is 0 Å². The van der Waals surface area contributed by atoms with E-state index < -0.39 is 6.04 Å². The Labute approximate surface area is 121 Å². The number of carbonyl (C=O) groups is 1. The molecule has 4 heteroatoms. The second-order valence-corrected chi connectivity index (χ2v) is 5.28. The van der Waals surface area contributed by atoms with E-state index in [1.54, 1.807) is 6.92 Å². The summed E-state index contributed by atoms with van der Waals surface area (Å²) in [6.07, 6.45) is 4.51. The predicted octanol–water partition coefficient (Wildman–Crippen LogP) is 2.28. The summed E-state index contributed by atoms with van der Waals surface area (Å²) in [6, 6.07) is 10.4. The van der Waals surface area contributed by atoms with Gasteiger partial charge in [-0.1, -0.05) is 36.8 Å². The van der Waals surface area contributed by atoms with E-state index in [0.717, 1.165) is 12.8 Å². The van der Waals surface area contributed by atoms with Crippen molar-refractivity contribution >= 4 is 18.3 Å². The quantitative estimate of drug-likeness (QED) is 0.890. The van der Waals surface area contributed by atoms with Crippen molar-refractivity contribution in [3.05, 3.63) is 35.9 Å². The van der Waals surface area contributed by atoms with Crippen molar-refractivity contribution in [1.82, 2.24) is 5.32 Å². The number of amides is 1.